The molecule has 5 amide bonds. The second-order valence-corrected chi connectivity index (χ2v) is 18.1. The minimum absolute atomic E-state index is 0.0835. The molecule has 0 radical (unpaired) electrons. The molecule has 1 unspecified atom stereocenters. The lowest BCUT2D eigenvalue weighted by Crippen LogP contribution is -2.54. The zero-order valence-corrected chi connectivity index (χ0v) is 37.2. The number of piperidine rings is 3. The molecule has 6 heterocycles. The number of nitrogens with zero attached hydrogens (tertiary/aromatic N) is 6. The number of aromatic nitrogens is 3. The third-order valence-corrected chi connectivity index (χ3v) is 13.7. The molecule has 4 fully saturated rings. The number of ether oxygens (including phenoxy) is 2. The standard InChI is InChI=1S/C46H51ClFN9O8/c1-24(2)56-35-7-6-34(40(48)32(35)21-37(45(56)63)64-23-39(59)49-3)51-41-33(47)22-50-46(53-41)55-16-12-28(13-17-55)65-29-19-27(20-29)54-14-10-25(11-15-54)26-4-5-30-31(18-26)44(62)57(43(30)61)36-8-9-38(58)52-42(36)60/h4-7,18,21-22,24-25,27-29,36H,8-17,19-20,23H2,1-3H3,(H,49,59)(H,50,51,53)(H,52,58,60). The maximum Gasteiger partial charge on any atom is 0.293 e. The first-order valence-electron chi connectivity index (χ1n) is 22.3. The molecule has 0 spiro atoms. The summed E-state index contributed by atoms with van der Waals surface area (Å²) in [6.45, 7) is 6.41. The summed E-state index contributed by atoms with van der Waals surface area (Å²) >= 11 is 6.52. The van der Waals surface area contributed by atoms with Crippen LogP contribution in [-0.2, 0) is 19.1 Å². The van der Waals surface area contributed by atoms with Crippen molar-refractivity contribution in [1.29, 1.82) is 0 Å². The van der Waals surface area contributed by atoms with Crippen molar-refractivity contribution in [3.63, 3.8) is 0 Å². The van der Waals surface area contributed by atoms with Gasteiger partial charge in [0.15, 0.2) is 24.0 Å². The number of benzene rings is 2. The van der Waals surface area contributed by atoms with E-state index in [2.05, 4.69) is 35.7 Å². The number of anilines is 3. The summed E-state index contributed by atoms with van der Waals surface area (Å²) in [5.41, 5.74) is 1.63. The van der Waals surface area contributed by atoms with E-state index in [9.17, 15) is 28.8 Å². The van der Waals surface area contributed by atoms with Gasteiger partial charge in [-0.1, -0.05) is 17.7 Å². The Morgan fingerprint density at radius 2 is 1.68 bits per heavy atom. The van der Waals surface area contributed by atoms with Crippen LogP contribution < -0.4 is 31.1 Å². The fraction of sp³-hybridized carbons (Fsp3) is 0.478. The van der Waals surface area contributed by atoms with Crippen LogP contribution in [-0.4, -0.2) is 118 Å². The summed E-state index contributed by atoms with van der Waals surface area (Å²) in [7, 11) is 1.45. The van der Waals surface area contributed by atoms with E-state index < -0.39 is 53.6 Å². The van der Waals surface area contributed by atoms with E-state index >= 15 is 4.39 Å². The van der Waals surface area contributed by atoms with Gasteiger partial charge >= 0.3 is 0 Å². The number of halogens is 2. The van der Waals surface area contributed by atoms with Crippen LogP contribution in [0, 0.1) is 5.82 Å². The maximum atomic E-state index is 16.2. The van der Waals surface area contributed by atoms with Crippen molar-refractivity contribution in [2.75, 3.05) is 50.1 Å². The molecule has 3 saturated heterocycles. The highest BCUT2D eigenvalue weighted by atomic mass is 35.5. The quantitative estimate of drug-likeness (QED) is 0.164. The fourth-order valence-electron chi connectivity index (χ4n) is 9.76. The van der Waals surface area contributed by atoms with Gasteiger partial charge in [-0.15, -0.1) is 0 Å². The van der Waals surface area contributed by atoms with Crippen molar-refractivity contribution in [1.82, 2.24) is 35.0 Å². The van der Waals surface area contributed by atoms with Gasteiger partial charge in [-0.2, -0.15) is 4.98 Å². The van der Waals surface area contributed by atoms with Gasteiger partial charge in [0.25, 0.3) is 23.3 Å². The van der Waals surface area contributed by atoms with Crippen molar-refractivity contribution >= 4 is 69.5 Å². The lowest BCUT2D eigenvalue weighted by Gasteiger charge is -2.47. The lowest BCUT2D eigenvalue weighted by atomic mass is 9.83. The number of hydrogen-bond donors (Lipinski definition) is 3. The third kappa shape index (κ3) is 8.66. The smallest absolute Gasteiger partial charge is 0.293 e. The second kappa shape index (κ2) is 18.1. The highest BCUT2D eigenvalue weighted by Gasteiger charge is 2.45. The molecule has 0 bridgehead atoms. The molecule has 2 aromatic heterocycles. The number of likely N-dealkylation sites (tertiary alicyclic amines) is 1. The number of rotatable bonds is 12. The van der Waals surface area contributed by atoms with Gasteiger partial charge in [-0.25, -0.2) is 9.37 Å². The van der Waals surface area contributed by atoms with Crippen molar-refractivity contribution < 1.29 is 37.8 Å². The Morgan fingerprint density at radius 1 is 0.938 bits per heavy atom. The molecule has 4 aromatic rings. The number of carbonyl (C=O) groups excluding carboxylic acids is 5. The van der Waals surface area contributed by atoms with Crippen LogP contribution in [0.3, 0.4) is 0 Å². The van der Waals surface area contributed by atoms with E-state index in [1.807, 2.05) is 12.1 Å². The number of carbonyl (C=O) groups is 5. The SMILES string of the molecule is CNC(=O)COc1cc2c(F)c(Nc3nc(N4CCC(OC5CC(N6CCC(c7ccc8c(c7)C(=O)N(C7CCC(=O)NC7=O)C8=O)CC6)C5)CC4)ncc3Cl)ccc2n(C(C)C)c1=O. The van der Waals surface area contributed by atoms with E-state index in [1.165, 1.54) is 29.9 Å². The number of pyridine rings is 1. The molecule has 1 saturated carbocycles. The molecule has 342 valence electrons. The van der Waals surface area contributed by atoms with E-state index in [-0.39, 0.29) is 64.7 Å². The summed E-state index contributed by atoms with van der Waals surface area (Å²) in [6, 6.07) is 9.09. The average molecular weight is 912 g/mol. The second-order valence-electron chi connectivity index (χ2n) is 17.7. The largest absolute Gasteiger partial charge is 0.478 e. The van der Waals surface area contributed by atoms with E-state index in [0.717, 1.165) is 62.1 Å². The number of fused-ring (bicyclic) bond motifs is 2. The number of nitrogens with one attached hydrogen (secondary N) is 3. The summed E-state index contributed by atoms with van der Waals surface area (Å²) in [5, 5.41) is 8.03. The molecule has 2 aromatic carbocycles. The predicted octanol–water partition coefficient (Wildman–Crippen LogP) is 4.83. The van der Waals surface area contributed by atoms with Crippen LogP contribution in [0.15, 0.2) is 47.4 Å². The third-order valence-electron chi connectivity index (χ3n) is 13.4. The first kappa shape index (κ1) is 44.2. The molecule has 1 atom stereocenters. The Morgan fingerprint density at radius 3 is 2.38 bits per heavy atom. The molecule has 5 aliphatic rings. The fourth-order valence-corrected chi connectivity index (χ4v) is 9.89. The van der Waals surface area contributed by atoms with Gasteiger partial charge in [0, 0.05) is 44.0 Å². The Balaban J connectivity index is 0.755. The monoisotopic (exact) mass is 911 g/mol. The molecule has 3 N–H and O–H groups in total. The predicted molar refractivity (Wildman–Crippen MR) is 238 cm³/mol. The molecular weight excluding hydrogens is 861 g/mol. The van der Waals surface area contributed by atoms with Gasteiger partial charge in [0.1, 0.15) is 11.1 Å². The molecule has 19 heteroatoms. The Hall–Kier alpha value is -5.98. The van der Waals surface area contributed by atoms with Crippen LogP contribution in [0.5, 0.6) is 5.75 Å². The van der Waals surface area contributed by atoms with Gasteiger partial charge in [0.2, 0.25) is 17.8 Å². The minimum atomic E-state index is -0.980. The Labute approximate surface area is 379 Å². The van der Waals surface area contributed by atoms with Crippen molar-refractivity contribution in [3.05, 3.63) is 80.5 Å². The molecule has 4 aliphatic heterocycles. The highest BCUT2D eigenvalue weighted by Crippen LogP contribution is 2.38. The molecule has 17 nitrogen and oxygen atoms in total. The van der Waals surface area contributed by atoms with Crippen LogP contribution in [0.25, 0.3) is 10.9 Å². The number of likely N-dealkylation sites (N-methyl/N-ethyl adjacent to an activating group) is 1. The molecular formula is C46H51ClFN9O8. The summed E-state index contributed by atoms with van der Waals surface area (Å²) in [4.78, 5) is 90.5. The minimum Gasteiger partial charge on any atom is -0.478 e. The van der Waals surface area contributed by atoms with Crippen LogP contribution in [0.2, 0.25) is 5.02 Å². The van der Waals surface area contributed by atoms with Crippen molar-refractivity contribution in [2.45, 2.75) is 101 Å². The lowest BCUT2D eigenvalue weighted by molar-refractivity contribution is -0.136. The van der Waals surface area contributed by atoms with E-state index in [4.69, 9.17) is 21.1 Å². The highest BCUT2D eigenvalue weighted by molar-refractivity contribution is 6.33. The van der Waals surface area contributed by atoms with Crippen molar-refractivity contribution in [3.8, 4) is 5.75 Å². The number of hydrogen-bond acceptors (Lipinski definition) is 13. The van der Waals surface area contributed by atoms with Crippen molar-refractivity contribution in [2.24, 2.45) is 0 Å². The molecule has 65 heavy (non-hydrogen) atoms. The first-order chi connectivity index (χ1) is 31.3. The Kier molecular flexibility index (Phi) is 12.3. The maximum absolute atomic E-state index is 16.2. The van der Waals surface area contributed by atoms with Gasteiger partial charge < -0.3 is 34.5 Å². The van der Waals surface area contributed by atoms with Crippen LogP contribution in [0.1, 0.15) is 103 Å². The average Bonchev–Trinajstić information content (AvgIpc) is 3.53. The topological polar surface area (TPSA) is 197 Å². The van der Waals surface area contributed by atoms with E-state index in [1.54, 1.807) is 26.0 Å². The van der Waals surface area contributed by atoms with Gasteiger partial charge in [-0.3, -0.25) is 39.0 Å². The zero-order valence-electron chi connectivity index (χ0n) is 36.4. The zero-order chi connectivity index (χ0) is 45.7. The first-order valence-corrected chi connectivity index (χ1v) is 22.7. The van der Waals surface area contributed by atoms with Crippen LogP contribution in [0.4, 0.5) is 21.8 Å². The molecule has 9 rings (SSSR count). The molecule has 1 aliphatic carbocycles. The normalized spacial score (nSPS) is 22.0. The Bertz CT molecular complexity index is 2640. The number of imide groups is 2. The summed E-state index contributed by atoms with van der Waals surface area (Å²) < 4.78 is 29.7. The van der Waals surface area contributed by atoms with E-state index in [0.29, 0.717) is 41.7 Å². The summed E-state index contributed by atoms with van der Waals surface area (Å²) in [6.07, 6.45) is 7.38. The van der Waals surface area contributed by atoms with Gasteiger partial charge in [-0.05, 0) is 114 Å². The summed E-state index contributed by atoms with van der Waals surface area (Å²) in [5.74, 6) is -2.27. The van der Waals surface area contributed by atoms with Crippen LogP contribution >= 0.6 is 11.6 Å². The van der Waals surface area contributed by atoms with Gasteiger partial charge in [0.05, 0.1) is 40.7 Å². The number of amides is 5.